The molecule has 0 aromatic heterocycles. The van der Waals surface area contributed by atoms with Gasteiger partial charge in [0.05, 0.1) is 10.6 Å². The van der Waals surface area contributed by atoms with Gasteiger partial charge < -0.3 is 4.90 Å². The van der Waals surface area contributed by atoms with Crippen molar-refractivity contribution in [3.05, 3.63) is 59.7 Å². The number of aryl methyl sites for hydroxylation is 1. The second-order valence-electron chi connectivity index (χ2n) is 7.26. The SMILES string of the molecule is Cc1cc(C(=O)N2CCC(C)CC2)ccc1N(C)S(=O)(=O)c1ccccc1. The van der Waals surface area contributed by atoms with Crippen LogP contribution in [0.25, 0.3) is 0 Å². The van der Waals surface area contributed by atoms with E-state index in [0.717, 1.165) is 31.5 Å². The first kappa shape index (κ1) is 19.4. The average molecular weight is 387 g/mol. The fourth-order valence-corrected chi connectivity index (χ4v) is 4.70. The first-order valence-electron chi connectivity index (χ1n) is 9.24. The Morgan fingerprint density at radius 1 is 1.07 bits per heavy atom. The fraction of sp³-hybridized carbons (Fsp3) is 0.381. The lowest BCUT2D eigenvalue weighted by Gasteiger charge is -2.30. The van der Waals surface area contributed by atoms with Crippen molar-refractivity contribution in [3.63, 3.8) is 0 Å². The lowest BCUT2D eigenvalue weighted by atomic mass is 9.98. The zero-order valence-electron chi connectivity index (χ0n) is 16.1. The van der Waals surface area contributed by atoms with Crippen LogP contribution in [-0.2, 0) is 10.0 Å². The minimum Gasteiger partial charge on any atom is -0.339 e. The average Bonchev–Trinajstić information content (AvgIpc) is 2.68. The van der Waals surface area contributed by atoms with Gasteiger partial charge in [0, 0.05) is 25.7 Å². The third-order valence-electron chi connectivity index (χ3n) is 5.26. The van der Waals surface area contributed by atoms with E-state index in [-0.39, 0.29) is 10.8 Å². The molecule has 6 heteroatoms. The van der Waals surface area contributed by atoms with Crippen molar-refractivity contribution in [1.29, 1.82) is 0 Å². The largest absolute Gasteiger partial charge is 0.339 e. The van der Waals surface area contributed by atoms with Crippen molar-refractivity contribution in [3.8, 4) is 0 Å². The van der Waals surface area contributed by atoms with Crippen LogP contribution in [-0.4, -0.2) is 39.4 Å². The van der Waals surface area contributed by atoms with Crippen molar-refractivity contribution in [2.24, 2.45) is 5.92 Å². The summed E-state index contributed by atoms with van der Waals surface area (Å²) < 4.78 is 26.9. The summed E-state index contributed by atoms with van der Waals surface area (Å²) in [6, 6.07) is 13.6. The lowest BCUT2D eigenvalue weighted by Crippen LogP contribution is -2.38. The van der Waals surface area contributed by atoms with Crippen LogP contribution in [0, 0.1) is 12.8 Å². The maximum absolute atomic E-state index is 12.8. The topological polar surface area (TPSA) is 57.7 Å². The highest BCUT2D eigenvalue weighted by atomic mass is 32.2. The van der Waals surface area contributed by atoms with Crippen LogP contribution in [0.1, 0.15) is 35.7 Å². The number of nitrogens with zero attached hydrogens (tertiary/aromatic N) is 2. The maximum Gasteiger partial charge on any atom is 0.264 e. The van der Waals surface area contributed by atoms with Crippen LogP contribution in [0.5, 0.6) is 0 Å². The van der Waals surface area contributed by atoms with Crippen molar-refractivity contribution in [2.75, 3.05) is 24.4 Å². The van der Waals surface area contributed by atoms with Crippen LogP contribution < -0.4 is 4.31 Å². The number of likely N-dealkylation sites (tertiary alicyclic amines) is 1. The summed E-state index contributed by atoms with van der Waals surface area (Å²) in [6.45, 7) is 5.61. The fourth-order valence-electron chi connectivity index (χ4n) is 3.42. The van der Waals surface area contributed by atoms with Crippen LogP contribution in [0.4, 0.5) is 5.69 Å². The molecule has 0 bridgehead atoms. The third kappa shape index (κ3) is 4.00. The number of carbonyl (C=O) groups excluding carboxylic acids is 1. The van der Waals surface area contributed by atoms with Crippen LogP contribution >= 0.6 is 0 Å². The summed E-state index contributed by atoms with van der Waals surface area (Å²) in [7, 11) is -2.10. The molecule has 5 nitrogen and oxygen atoms in total. The molecule has 1 amide bonds. The molecule has 144 valence electrons. The van der Waals surface area contributed by atoms with Crippen molar-refractivity contribution >= 4 is 21.6 Å². The van der Waals surface area contributed by atoms with Crippen molar-refractivity contribution < 1.29 is 13.2 Å². The summed E-state index contributed by atoms with van der Waals surface area (Å²) in [5.74, 6) is 0.681. The molecule has 0 unspecified atom stereocenters. The van der Waals surface area contributed by atoms with E-state index in [1.165, 1.54) is 11.4 Å². The van der Waals surface area contributed by atoms with Gasteiger partial charge in [-0.2, -0.15) is 0 Å². The minimum absolute atomic E-state index is 0.0186. The Labute approximate surface area is 161 Å². The van der Waals surface area contributed by atoms with E-state index < -0.39 is 10.0 Å². The Morgan fingerprint density at radius 2 is 1.70 bits per heavy atom. The number of hydrogen-bond acceptors (Lipinski definition) is 3. The molecule has 0 N–H and O–H groups in total. The Kier molecular flexibility index (Phi) is 5.56. The highest BCUT2D eigenvalue weighted by Crippen LogP contribution is 2.27. The van der Waals surface area contributed by atoms with Gasteiger partial charge in [0.25, 0.3) is 15.9 Å². The Hall–Kier alpha value is -2.34. The zero-order valence-corrected chi connectivity index (χ0v) is 16.9. The van der Waals surface area contributed by atoms with Gasteiger partial charge >= 0.3 is 0 Å². The molecular formula is C21H26N2O3S. The maximum atomic E-state index is 12.8. The minimum atomic E-state index is -3.64. The number of amides is 1. The molecule has 0 radical (unpaired) electrons. The molecule has 0 aliphatic carbocycles. The van der Waals surface area contributed by atoms with Crippen molar-refractivity contribution in [2.45, 2.75) is 31.6 Å². The summed E-state index contributed by atoms with van der Waals surface area (Å²) >= 11 is 0. The molecule has 0 atom stereocenters. The Balaban J connectivity index is 1.83. The molecule has 0 saturated carbocycles. The molecular weight excluding hydrogens is 360 g/mol. The normalized spacial score (nSPS) is 15.6. The first-order valence-corrected chi connectivity index (χ1v) is 10.7. The van der Waals surface area contributed by atoms with E-state index >= 15 is 0 Å². The Morgan fingerprint density at radius 3 is 2.30 bits per heavy atom. The molecule has 3 rings (SSSR count). The second kappa shape index (κ2) is 7.72. The zero-order chi connectivity index (χ0) is 19.6. The molecule has 1 heterocycles. The summed E-state index contributed by atoms with van der Waals surface area (Å²) in [5.41, 5.74) is 1.94. The standard InChI is InChI=1S/C21H26N2O3S/c1-16-11-13-23(14-12-16)21(24)18-9-10-20(17(2)15-18)22(3)27(25,26)19-7-5-4-6-8-19/h4-10,15-16H,11-14H2,1-3H3. The van der Waals surface area contributed by atoms with E-state index in [2.05, 4.69) is 6.92 Å². The molecule has 27 heavy (non-hydrogen) atoms. The van der Waals surface area contributed by atoms with E-state index in [0.29, 0.717) is 17.2 Å². The van der Waals surface area contributed by atoms with Gasteiger partial charge in [-0.25, -0.2) is 8.42 Å². The summed E-state index contributed by atoms with van der Waals surface area (Å²) in [5, 5.41) is 0. The molecule has 2 aromatic carbocycles. The Bertz CT molecular complexity index is 918. The quantitative estimate of drug-likeness (QED) is 0.805. The molecule has 2 aromatic rings. The summed E-state index contributed by atoms with van der Waals surface area (Å²) in [6.07, 6.45) is 2.06. The summed E-state index contributed by atoms with van der Waals surface area (Å²) in [4.78, 5) is 14.9. The number of piperidine rings is 1. The van der Waals surface area contributed by atoms with Gasteiger partial charge in [0.2, 0.25) is 0 Å². The molecule has 1 fully saturated rings. The number of carbonyl (C=O) groups is 1. The van der Waals surface area contributed by atoms with Gasteiger partial charge in [-0.3, -0.25) is 9.10 Å². The third-order valence-corrected chi connectivity index (χ3v) is 7.04. The van der Waals surface area contributed by atoms with E-state index in [4.69, 9.17) is 0 Å². The van der Waals surface area contributed by atoms with Crippen LogP contribution in [0.2, 0.25) is 0 Å². The van der Waals surface area contributed by atoms with Gasteiger partial charge in [-0.15, -0.1) is 0 Å². The second-order valence-corrected chi connectivity index (χ2v) is 9.23. The van der Waals surface area contributed by atoms with Crippen LogP contribution in [0.15, 0.2) is 53.4 Å². The van der Waals surface area contributed by atoms with Gasteiger partial charge in [-0.05, 0) is 61.6 Å². The number of rotatable bonds is 4. The smallest absolute Gasteiger partial charge is 0.264 e. The van der Waals surface area contributed by atoms with E-state index in [1.807, 2.05) is 11.8 Å². The van der Waals surface area contributed by atoms with Gasteiger partial charge in [0.15, 0.2) is 0 Å². The highest BCUT2D eigenvalue weighted by molar-refractivity contribution is 7.92. The number of benzene rings is 2. The molecule has 0 spiro atoms. The lowest BCUT2D eigenvalue weighted by molar-refractivity contribution is 0.0697. The first-order chi connectivity index (χ1) is 12.8. The number of anilines is 1. The predicted molar refractivity (Wildman–Crippen MR) is 108 cm³/mol. The van der Waals surface area contributed by atoms with E-state index in [1.54, 1.807) is 48.5 Å². The van der Waals surface area contributed by atoms with E-state index in [9.17, 15) is 13.2 Å². The molecule has 1 aliphatic rings. The highest BCUT2D eigenvalue weighted by Gasteiger charge is 2.24. The molecule has 1 aliphatic heterocycles. The number of sulfonamides is 1. The van der Waals surface area contributed by atoms with Gasteiger partial charge in [-0.1, -0.05) is 25.1 Å². The number of hydrogen-bond donors (Lipinski definition) is 0. The van der Waals surface area contributed by atoms with Crippen LogP contribution in [0.3, 0.4) is 0 Å². The molecule has 1 saturated heterocycles. The van der Waals surface area contributed by atoms with Crippen molar-refractivity contribution in [1.82, 2.24) is 4.90 Å². The predicted octanol–water partition coefficient (Wildman–Crippen LogP) is 3.69. The van der Waals surface area contributed by atoms with Gasteiger partial charge in [0.1, 0.15) is 0 Å². The monoisotopic (exact) mass is 386 g/mol.